The molecule has 1 fully saturated rings. The minimum absolute atomic E-state index is 0.0529. The minimum atomic E-state index is -0.541. The fraction of sp³-hybridized carbons (Fsp3) is 0.562. The summed E-state index contributed by atoms with van der Waals surface area (Å²) in [4.78, 5) is 14.6. The van der Waals surface area contributed by atoms with Gasteiger partial charge in [0.25, 0.3) is 0 Å². The van der Waals surface area contributed by atoms with E-state index in [2.05, 4.69) is 20.8 Å². The normalized spacial score (nSPS) is 29.1. The first-order chi connectivity index (χ1) is 9.00. The lowest BCUT2D eigenvalue weighted by Gasteiger charge is -2.42. The number of benzene rings is 1. The number of likely N-dealkylation sites (tertiary alicyclic amines) is 1. The van der Waals surface area contributed by atoms with Gasteiger partial charge in [0, 0.05) is 12.6 Å². The fourth-order valence-corrected chi connectivity index (χ4v) is 2.99. The Morgan fingerprint density at radius 1 is 1.26 bits per heavy atom. The summed E-state index contributed by atoms with van der Waals surface area (Å²) >= 11 is 0. The third-order valence-electron chi connectivity index (χ3n) is 4.31. The van der Waals surface area contributed by atoms with Crippen LogP contribution in [0.25, 0.3) is 0 Å². The van der Waals surface area contributed by atoms with E-state index in [4.69, 9.17) is 5.73 Å². The van der Waals surface area contributed by atoms with Crippen molar-refractivity contribution in [3.05, 3.63) is 35.9 Å². The highest BCUT2D eigenvalue weighted by Crippen LogP contribution is 2.28. The fourth-order valence-electron chi connectivity index (χ4n) is 2.99. The molecule has 1 saturated heterocycles. The Hall–Kier alpha value is -1.35. The maximum absolute atomic E-state index is 12.6. The zero-order chi connectivity index (χ0) is 14.0. The van der Waals surface area contributed by atoms with Crippen molar-refractivity contribution in [1.29, 1.82) is 0 Å². The van der Waals surface area contributed by atoms with Crippen LogP contribution in [0.3, 0.4) is 0 Å². The van der Waals surface area contributed by atoms with Gasteiger partial charge in [-0.25, -0.2) is 0 Å². The minimum Gasteiger partial charge on any atom is -0.338 e. The molecular weight excluding hydrogens is 236 g/mol. The number of piperidine rings is 1. The first-order valence-corrected chi connectivity index (χ1v) is 7.11. The summed E-state index contributed by atoms with van der Waals surface area (Å²) in [6.45, 7) is 7.38. The van der Waals surface area contributed by atoms with E-state index in [0.717, 1.165) is 12.1 Å². The molecule has 3 unspecified atom stereocenters. The summed E-state index contributed by atoms with van der Waals surface area (Å²) < 4.78 is 0. The van der Waals surface area contributed by atoms with Crippen LogP contribution >= 0.6 is 0 Å². The number of carbonyl (C=O) groups excluding carboxylic acids is 1. The summed E-state index contributed by atoms with van der Waals surface area (Å²) in [5.41, 5.74) is 7.03. The van der Waals surface area contributed by atoms with Crippen LogP contribution in [0.1, 0.15) is 38.8 Å². The molecule has 19 heavy (non-hydrogen) atoms. The van der Waals surface area contributed by atoms with Gasteiger partial charge in [-0.2, -0.15) is 0 Å². The summed E-state index contributed by atoms with van der Waals surface area (Å²) in [7, 11) is 0. The van der Waals surface area contributed by atoms with Crippen molar-refractivity contribution in [2.24, 2.45) is 17.6 Å². The molecule has 1 aromatic rings. The van der Waals surface area contributed by atoms with Crippen molar-refractivity contribution in [2.75, 3.05) is 6.54 Å². The molecule has 3 nitrogen and oxygen atoms in total. The number of rotatable bonds is 2. The lowest BCUT2D eigenvalue weighted by molar-refractivity contribution is -0.138. The van der Waals surface area contributed by atoms with Crippen LogP contribution in [0.5, 0.6) is 0 Å². The Morgan fingerprint density at radius 2 is 1.89 bits per heavy atom. The first-order valence-electron chi connectivity index (χ1n) is 7.11. The molecule has 0 saturated carbocycles. The van der Waals surface area contributed by atoms with E-state index < -0.39 is 6.04 Å². The van der Waals surface area contributed by atoms with Crippen LogP contribution in [0.2, 0.25) is 0 Å². The molecule has 1 heterocycles. The van der Waals surface area contributed by atoms with Crippen LogP contribution in [0, 0.1) is 11.8 Å². The highest BCUT2D eigenvalue weighted by atomic mass is 16.2. The van der Waals surface area contributed by atoms with Crippen molar-refractivity contribution in [3.63, 3.8) is 0 Å². The standard InChI is InChI=1S/C16H24N2O/c1-11-9-12(2)13(3)18(10-11)16(19)15(17)14-7-5-4-6-8-14/h4-8,11-13,15H,9-10,17H2,1-3H3/t11?,12?,13?,15-/m0/s1. The highest BCUT2D eigenvalue weighted by Gasteiger charge is 2.34. The lowest BCUT2D eigenvalue weighted by atomic mass is 9.85. The molecule has 0 spiro atoms. The number of hydrogen-bond acceptors (Lipinski definition) is 2. The van der Waals surface area contributed by atoms with E-state index >= 15 is 0 Å². The van der Waals surface area contributed by atoms with Gasteiger partial charge in [0.1, 0.15) is 6.04 Å². The third kappa shape index (κ3) is 2.98. The quantitative estimate of drug-likeness (QED) is 0.888. The van der Waals surface area contributed by atoms with E-state index in [0.29, 0.717) is 11.8 Å². The molecule has 2 rings (SSSR count). The maximum atomic E-state index is 12.6. The average Bonchev–Trinajstić information content (AvgIpc) is 2.42. The second-order valence-corrected chi connectivity index (χ2v) is 5.94. The van der Waals surface area contributed by atoms with E-state index in [9.17, 15) is 4.79 Å². The Kier molecular flexibility index (Phi) is 4.25. The van der Waals surface area contributed by atoms with Crippen molar-refractivity contribution in [3.8, 4) is 0 Å². The van der Waals surface area contributed by atoms with Gasteiger partial charge >= 0.3 is 0 Å². The zero-order valence-corrected chi connectivity index (χ0v) is 12.0. The Balaban J connectivity index is 2.14. The molecule has 1 aliphatic rings. The topological polar surface area (TPSA) is 46.3 Å². The monoisotopic (exact) mass is 260 g/mol. The molecule has 3 heteroatoms. The second kappa shape index (κ2) is 5.74. The lowest BCUT2D eigenvalue weighted by Crippen LogP contribution is -2.51. The van der Waals surface area contributed by atoms with E-state index in [1.165, 1.54) is 6.42 Å². The van der Waals surface area contributed by atoms with Crippen LogP contribution in [-0.4, -0.2) is 23.4 Å². The Morgan fingerprint density at radius 3 is 2.53 bits per heavy atom. The molecule has 4 atom stereocenters. The van der Waals surface area contributed by atoms with Crippen molar-refractivity contribution >= 4 is 5.91 Å². The second-order valence-electron chi connectivity index (χ2n) is 5.94. The predicted octanol–water partition coefficient (Wildman–Crippen LogP) is 2.58. The highest BCUT2D eigenvalue weighted by molar-refractivity contribution is 5.83. The van der Waals surface area contributed by atoms with Gasteiger partial charge in [-0.15, -0.1) is 0 Å². The number of nitrogens with two attached hydrogens (primary N) is 1. The number of carbonyl (C=O) groups is 1. The number of amides is 1. The van der Waals surface area contributed by atoms with Gasteiger partial charge in [-0.1, -0.05) is 44.2 Å². The van der Waals surface area contributed by atoms with Crippen LogP contribution in [0.15, 0.2) is 30.3 Å². The van der Waals surface area contributed by atoms with Crippen LogP contribution in [0.4, 0.5) is 0 Å². The number of hydrogen-bond donors (Lipinski definition) is 1. The van der Waals surface area contributed by atoms with E-state index in [-0.39, 0.29) is 11.9 Å². The third-order valence-corrected chi connectivity index (χ3v) is 4.31. The molecule has 0 aromatic heterocycles. The van der Waals surface area contributed by atoms with Gasteiger partial charge in [-0.05, 0) is 30.7 Å². The number of nitrogens with zero attached hydrogens (tertiary/aromatic N) is 1. The Bertz CT molecular complexity index is 432. The van der Waals surface area contributed by atoms with Crippen molar-refractivity contribution < 1.29 is 4.79 Å². The summed E-state index contributed by atoms with van der Waals surface area (Å²) in [5, 5.41) is 0. The smallest absolute Gasteiger partial charge is 0.244 e. The molecule has 0 aliphatic carbocycles. The summed E-state index contributed by atoms with van der Waals surface area (Å²) in [6, 6.07) is 9.36. The van der Waals surface area contributed by atoms with Crippen molar-refractivity contribution in [1.82, 2.24) is 4.90 Å². The van der Waals surface area contributed by atoms with Gasteiger partial charge in [0.2, 0.25) is 5.91 Å². The molecule has 1 amide bonds. The summed E-state index contributed by atoms with van der Waals surface area (Å²) in [5.74, 6) is 1.14. The molecule has 0 bridgehead atoms. The molecule has 104 valence electrons. The van der Waals surface area contributed by atoms with E-state index in [1.54, 1.807) is 0 Å². The predicted molar refractivity (Wildman–Crippen MR) is 77.5 cm³/mol. The molecule has 1 aliphatic heterocycles. The maximum Gasteiger partial charge on any atom is 0.244 e. The molecule has 1 aromatic carbocycles. The summed E-state index contributed by atoms with van der Waals surface area (Å²) in [6.07, 6.45) is 1.19. The molecular formula is C16H24N2O. The largest absolute Gasteiger partial charge is 0.338 e. The van der Waals surface area contributed by atoms with Crippen molar-refractivity contribution in [2.45, 2.75) is 39.3 Å². The van der Waals surface area contributed by atoms with Gasteiger partial charge < -0.3 is 10.6 Å². The van der Waals surface area contributed by atoms with Crippen LogP contribution < -0.4 is 5.73 Å². The van der Waals surface area contributed by atoms with E-state index in [1.807, 2.05) is 35.2 Å². The molecule has 0 radical (unpaired) electrons. The van der Waals surface area contributed by atoms with Gasteiger partial charge in [0.05, 0.1) is 0 Å². The zero-order valence-electron chi connectivity index (χ0n) is 12.0. The Labute approximate surface area is 115 Å². The van der Waals surface area contributed by atoms with Crippen LogP contribution in [-0.2, 0) is 4.79 Å². The first kappa shape index (κ1) is 14.1. The molecule has 2 N–H and O–H groups in total. The van der Waals surface area contributed by atoms with Gasteiger partial charge in [0.15, 0.2) is 0 Å². The average molecular weight is 260 g/mol. The van der Waals surface area contributed by atoms with Gasteiger partial charge in [-0.3, -0.25) is 4.79 Å². The SMILES string of the molecule is CC1CC(C)C(C)N(C(=O)[C@@H](N)c2ccccc2)C1.